The van der Waals surface area contributed by atoms with Crippen molar-refractivity contribution in [1.82, 2.24) is 9.29 Å². The van der Waals surface area contributed by atoms with Gasteiger partial charge in [-0.3, -0.25) is 9.78 Å². The molecule has 6 heteroatoms. The summed E-state index contributed by atoms with van der Waals surface area (Å²) >= 11 is 0. The summed E-state index contributed by atoms with van der Waals surface area (Å²) < 4.78 is 25.8. The number of Topliss-reactive ketones (excluding diaryl/α,β-unsaturated/α-hetero) is 1. The van der Waals surface area contributed by atoms with Crippen molar-refractivity contribution >= 4 is 15.8 Å². The van der Waals surface area contributed by atoms with E-state index in [0.717, 1.165) is 0 Å². The molecule has 98 valence electrons. The molecule has 2 heterocycles. The van der Waals surface area contributed by atoms with E-state index in [2.05, 4.69) is 4.98 Å². The third kappa shape index (κ3) is 2.30. The molecule has 0 aliphatic carbocycles. The molecule has 0 unspecified atom stereocenters. The van der Waals surface area contributed by atoms with Crippen LogP contribution in [-0.2, 0) is 14.8 Å². The van der Waals surface area contributed by atoms with Gasteiger partial charge in [0, 0.05) is 24.4 Å². The van der Waals surface area contributed by atoms with Crippen LogP contribution in [0.15, 0.2) is 29.4 Å². The Labute approximate surface area is 107 Å². The number of aromatic nitrogens is 1. The average Bonchev–Trinajstić information content (AvgIpc) is 2.33. The van der Waals surface area contributed by atoms with Crippen LogP contribution in [0.2, 0.25) is 0 Å². The fourth-order valence-corrected chi connectivity index (χ4v) is 3.24. The number of nitrogens with zero attached hydrogens (tertiary/aromatic N) is 2. The van der Waals surface area contributed by atoms with E-state index in [-0.39, 0.29) is 17.2 Å². The largest absolute Gasteiger partial charge is 0.298 e. The van der Waals surface area contributed by atoms with Gasteiger partial charge in [0.15, 0.2) is 5.78 Å². The fourth-order valence-electron chi connectivity index (χ4n) is 1.86. The lowest BCUT2D eigenvalue weighted by atomic mass is 9.82. The molecular formula is C12H16N2O3S. The Morgan fingerprint density at radius 1 is 1.28 bits per heavy atom. The van der Waals surface area contributed by atoms with Crippen molar-refractivity contribution in [2.24, 2.45) is 5.41 Å². The van der Waals surface area contributed by atoms with Crippen molar-refractivity contribution in [3.63, 3.8) is 0 Å². The van der Waals surface area contributed by atoms with E-state index in [1.807, 2.05) is 13.8 Å². The maximum Gasteiger partial charge on any atom is 0.243 e. The van der Waals surface area contributed by atoms with E-state index >= 15 is 0 Å². The molecule has 0 amide bonds. The summed E-state index contributed by atoms with van der Waals surface area (Å²) in [5.74, 6) is -0.0358. The number of piperidine rings is 1. The fraction of sp³-hybridized carbons (Fsp3) is 0.500. The predicted molar refractivity (Wildman–Crippen MR) is 66.4 cm³/mol. The summed E-state index contributed by atoms with van der Waals surface area (Å²) in [5.41, 5.74) is -0.426. The summed E-state index contributed by atoms with van der Waals surface area (Å²) in [5, 5.41) is 0. The number of ketones is 1. The molecule has 0 saturated carbocycles. The van der Waals surface area contributed by atoms with Gasteiger partial charge in [-0.05, 0) is 18.6 Å². The molecule has 1 aliphatic heterocycles. The molecule has 18 heavy (non-hydrogen) atoms. The zero-order chi connectivity index (χ0) is 13.4. The molecule has 1 aromatic heterocycles. The number of rotatable bonds is 2. The third-order valence-electron chi connectivity index (χ3n) is 3.35. The first-order valence-electron chi connectivity index (χ1n) is 5.77. The summed E-state index contributed by atoms with van der Waals surface area (Å²) in [6, 6.07) is 2.89. The van der Waals surface area contributed by atoms with Gasteiger partial charge in [-0.25, -0.2) is 8.42 Å². The summed E-state index contributed by atoms with van der Waals surface area (Å²) in [6.45, 7) is 4.04. The molecule has 5 nitrogen and oxygen atoms in total. The Balaban J connectivity index is 2.26. The van der Waals surface area contributed by atoms with Crippen LogP contribution in [0.1, 0.15) is 20.3 Å². The van der Waals surface area contributed by atoms with Crippen molar-refractivity contribution < 1.29 is 13.2 Å². The van der Waals surface area contributed by atoms with Crippen molar-refractivity contribution in [2.45, 2.75) is 25.2 Å². The van der Waals surface area contributed by atoms with E-state index in [9.17, 15) is 13.2 Å². The van der Waals surface area contributed by atoms with Crippen LogP contribution in [0.5, 0.6) is 0 Å². The molecule has 0 radical (unpaired) electrons. The second-order valence-corrected chi connectivity index (χ2v) is 7.02. The Hall–Kier alpha value is -1.27. The first-order chi connectivity index (χ1) is 8.34. The number of pyridine rings is 1. The predicted octanol–water partition coefficient (Wildman–Crippen LogP) is 1.07. The zero-order valence-corrected chi connectivity index (χ0v) is 11.3. The van der Waals surface area contributed by atoms with Crippen LogP contribution in [0.25, 0.3) is 0 Å². The smallest absolute Gasteiger partial charge is 0.243 e. The van der Waals surface area contributed by atoms with Gasteiger partial charge >= 0.3 is 0 Å². The van der Waals surface area contributed by atoms with Gasteiger partial charge in [0.1, 0.15) is 0 Å². The average molecular weight is 268 g/mol. The number of hydrogen-bond donors (Lipinski definition) is 0. The lowest BCUT2D eigenvalue weighted by Crippen LogP contribution is -2.47. The molecule has 1 fully saturated rings. The Morgan fingerprint density at radius 2 is 1.89 bits per heavy atom. The summed E-state index contributed by atoms with van der Waals surface area (Å²) in [4.78, 5) is 15.9. The molecule has 0 N–H and O–H groups in total. The van der Waals surface area contributed by atoms with Crippen molar-refractivity contribution in [1.29, 1.82) is 0 Å². The normalized spacial score (nSPS) is 20.9. The molecule has 1 aromatic rings. The van der Waals surface area contributed by atoms with Crippen LogP contribution in [-0.4, -0.2) is 36.6 Å². The second kappa shape index (κ2) is 4.44. The highest BCUT2D eigenvalue weighted by atomic mass is 32.2. The van der Waals surface area contributed by atoms with Gasteiger partial charge in [0.25, 0.3) is 0 Å². The van der Waals surface area contributed by atoms with Crippen molar-refractivity contribution in [3.8, 4) is 0 Å². The molecule has 1 aliphatic rings. The highest BCUT2D eigenvalue weighted by Crippen LogP contribution is 2.29. The molecule has 1 saturated heterocycles. The van der Waals surface area contributed by atoms with E-state index < -0.39 is 15.4 Å². The van der Waals surface area contributed by atoms with Crippen LogP contribution in [0.3, 0.4) is 0 Å². The van der Waals surface area contributed by atoms with Gasteiger partial charge in [-0.15, -0.1) is 0 Å². The zero-order valence-electron chi connectivity index (χ0n) is 10.5. The minimum Gasteiger partial charge on any atom is -0.298 e. The highest BCUT2D eigenvalue weighted by Gasteiger charge is 2.38. The van der Waals surface area contributed by atoms with Gasteiger partial charge in [-0.1, -0.05) is 13.8 Å². The topological polar surface area (TPSA) is 67.3 Å². The second-order valence-electron chi connectivity index (χ2n) is 5.08. The lowest BCUT2D eigenvalue weighted by molar-refractivity contribution is -0.130. The van der Waals surface area contributed by atoms with Crippen LogP contribution >= 0.6 is 0 Å². The SMILES string of the molecule is CC1(C)CCN(S(=O)(=O)c2ccncc2)CC1=O. The van der Waals surface area contributed by atoms with Crippen molar-refractivity contribution in [2.75, 3.05) is 13.1 Å². The van der Waals surface area contributed by atoms with Gasteiger partial charge in [0.05, 0.1) is 11.4 Å². The first-order valence-corrected chi connectivity index (χ1v) is 7.21. The quantitative estimate of drug-likeness (QED) is 0.804. The molecular weight excluding hydrogens is 252 g/mol. The standard InChI is InChI=1S/C12H16N2O3S/c1-12(2)5-8-14(9-11(12)15)18(16,17)10-3-6-13-7-4-10/h3-4,6-7H,5,8-9H2,1-2H3. The molecule has 0 atom stereocenters. The molecule has 0 aromatic carbocycles. The number of carbonyl (C=O) groups excluding carboxylic acids is 1. The van der Waals surface area contributed by atoms with Gasteiger partial charge in [-0.2, -0.15) is 4.31 Å². The van der Waals surface area contributed by atoms with E-state index in [0.29, 0.717) is 13.0 Å². The highest BCUT2D eigenvalue weighted by molar-refractivity contribution is 7.89. The minimum absolute atomic E-state index is 0.0358. The Bertz CT molecular complexity index is 552. The van der Waals surface area contributed by atoms with Crippen LogP contribution in [0, 0.1) is 5.41 Å². The lowest BCUT2D eigenvalue weighted by Gasteiger charge is -2.34. The monoisotopic (exact) mass is 268 g/mol. The van der Waals surface area contributed by atoms with E-state index in [1.165, 1.54) is 28.8 Å². The third-order valence-corrected chi connectivity index (χ3v) is 5.21. The van der Waals surface area contributed by atoms with Gasteiger partial charge < -0.3 is 0 Å². The number of carbonyl (C=O) groups is 1. The number of sulfonamides is 1. The van der Waals surface area contributed by atoms with Crippen LogP contribution in [0.4, 0.5) is 0 Å². The summed E-state index contributed by atoms with van der Waals surface area (Å²) in [6.07, 6.45) is 3.42. The first kappa shape index (κ1) is 13.2. The van der Waals surface area contributed by atoms with Crippen molar-refractivity contribution in [3.05, 3.63) is 24.5 Å². The Kier molecular flexibility index (Phi) is 3.25. The maximum atomic E-state index is 12.3. The van der Waals surface area contributed by atoms with Gasteiger partial charge in [0.2, 0.25) is 10.0 Å². The molecule has 0 bridgehead atoms. The maximum absolute atomic E-state index is 12.3. The van der Waals surface area contributed by atoms with Crippen LogP contribution < -0.4 is 0 Å². The Morgan fingerprint density at radius 3 is 2.44 bits per heavy atom. The minimum atomic E-state index is -3.57. The summed E-state index contributed by atoms with van der Waals surface area (Å²) in [7, 11) is -3.57. The molecule has 0 spiro atoms. The van der Waals surface area contributed by atoms with E-state index in [4.69, 9.17) is 0 Å². The molecule has 2 rings (SSSR count). The van der Waals surface area contributed by atoms with E-state index in [1.54, 1.807) is 0 Å². The number of hydrogen-bond acceptors (Lipinski definition) is 4.